The van der Waals surface area contributed by atoms with Gasteiger partial charge in [-0.05, 0) is 18.6 Å². The topological polar surface area (TPSA) is 56.0 Å². The van der Waals surface area contributed by atoms with Crippen LogP contribution < -0.4 is 0 Å². The first-order chi connectivity index (χ1) is 8.65. The molecular formula is C13H10N2O2S. The summed E-state index contributed by atoms with van der Waals surface area (Å²) in [5, 5.41) is 1.28. The molecule has 0 aliphatic heterocycles. The van der Waals surface area contributed by atoms with Gasteiger partial charge < -0.3 is 4.42 Å². The number of benzene rings is 1. The minimum Gasteiger partial charge on any atom is -0.430 e. The Labute approximate surface area is 107 Å². The predicted molar refractivity (Wildman–Crippen MR) is 70.6 cm³/mol. The van der Waals surface area contributed by atoms with Crippen molar-refractivity contribution in [1.29, 1.82) is 0 Å². The van der Waals surface area contributed by atoms with E-state index in [1.165, 1.54) is 6.92 Å². The maximum atomic E-state index is 11.1. The van der Waals surface area contributed by atoms with Crippen molar-refractivity contribution in [1.82, 2.24) is 9.97 Å². The average molecular weight is 258 g/mol. The molecule has 0 unspecified atom stereocenters. The monoisotopic (exact) mass is 258 g/mol. The van der Waals surface area contributed by atoms with E-state index in [-0.39, 0.29) is 5.12 Å². The summed E-state index contributed by atoms with van der Waals surface area (Å²) < 4.78 is 5.66. The van der Waals surface area contributed by atoms with Gasteiger partial charge in [0.25, 0.3) is 5.22 Å². The van der Waals surface area contributed by atoms with Gasteiger partial charge >= 0.3 is 0 Å². The number of thioether (sulfide) groups is 1. The van der Waals surface area contributed by atoms with Gasteiger partial charge in [0.15, 0.2) is 10.7 Å². The van der Waals surface area contributed by atoms with Crippen molar-refractivity contribution in [3.8, 4) is 0 Å². The van der Waals surface area contributed by atoms with Crippen LogP contribution in [0.5, 0.6) is 0 Å². The first-order valence-electron chi connectivity index (χ1n) is 5.48. The Morgan fingerprint density at radius 3 is 2.94 bits per heavy atom. The van der Waals surface area contributed by atoms with E-state index < -0.39 is 0 Å². The quantitative estimate of drug-likeness (QED) is 0.627. The number of hydrogen-bond acceptors (Lipinski definition) is 5. The van der Waals surface area contributed by atoms with Crippen molar-refractivity contribution in [2.45, 2.75) is 19.1 Å². The Balaban J connectivity index is 2.32. The summed E-state index contributed by atoms with van der Waals surface area (Å²) in [4.78, 5) is 19.7. The molecule has 0 N–H and O–H groups in total. The molecule has 3 rings (SSSR count). The lowest BCUT2D eigenvalue weighted by Crippen LogP contribution is -1.82. The Hall–Kier alpha value is -1.88. The number of aryl methyl sites for hydroxylation is 1. The van der Waals surface area contributed by atoms with E-state index in [1.807, 2.05) is 25.1 Å². The number of oxazole rings is 1. The molecule has 1 aromatic carbocycles. The molecule has 90 valence electrons. The molecule has 5 heteroatoms. The minimum atomic E-state index is -0.0458. The Morgan fingerprint density at radius 1 is 1.33 bits per heavy atom. The molecule has 3 aromatic rings. The number of nitrogens with zero attached hydrogens (tertiary/aromatic N) is 2. The lowest BCUT2D eigenvalue weighted by molar-refractivity contribution is -0.109. The van der Waals surface area contributed by atoms with E-state index in [1.54, 1.807) is 6.20 Å². The van der Waals surface area contributed by atoms with E-state index in [9.17, 15) is 4.79 Å². The first kappa shape index (κ1) is 11.2. The summed E-state index contributed by atoms with van der Waals surface area (Å²) in [6, 6.07) is 5.89. The second kappa shape index (κ2) is 4.10. The number of pyridine rings is 1. The number of rotatable bonds is 1. The van der Waals surface area contributed by atoms with E-state index in [4.69, 9.17) is 4.42 Å². The van der Waals surface area contributed by atoms with Crippen LogP contribution >= 0.6 is 11.8 Å². The van der Waals surface area contributed by atoms with E-state index in [2.05, 4.69) is 9.97 Å². The molecule has 0 fully saturated rings. The number of fused-ring (bicyclic) bond motifs is 3. The van der Waals surface area contributed by atoms with Crippen LogP contribution in [-0.4, -0.2) is 15.1 Å². The highest BCUT2D eigenvalue weighted by Crippen LogP contribution is 2.30. The van der Waals surface area contributed by atoms with Crippen LogP contribution in [-0.2, 0) is 4.79 Å². The Bertz CT molecular complexity index is 764. The lowest BCUT2D eigenvalue weighted by Gasteiger charge is -2.00. The highest BCUT2D eigenvalue weighted by Gasteiger charge is 2.13. The molecular weight excluding hydrogens is 248 g/mol. The fraction of sp³-hybridized carbons (Fsp3) is 0.154. The van der Waals surface area contributed by atoms with Gasteiger partial charge in [-0.2, -0.15) is 0 Å². The van der Waals surface area contributed by atoms with Gasteiger partial charge in [0, 0.05) is 24.1 Å². The maximum Gasteiger partial charge on any atom is 0.264 e. The molecule has 2 aromatic heterocycles. The van der Waals surface area contributed by atoms with Crippen LogP contribution in [0, 0.1) is 6.92 Å². The number of carbonyl (C=O) groups excluding carboxylic acids is 1. The third kappa shape index (κ3) is 1.76. The van der Waals surface area contributed by atoms with E-state index in [0.29, 0.717) is 16.3 Å². The van der Waals surface area contributed by atoms with E-state index >= 15 is 0 Å². The predicted octanol–water partition coefficient (Wildman–Crippen LogP) is 3.32. The highest BCUT2D eigenvalue weighted by molar-refractivity contribution is 8.13. The molecule has 0 bridgehead atoms. The van der Waals surface area contributed by atoms with Gasteiger partial charge in [-0.3, -0.25) is 9.78 Å². The van der Waals surface area contributed by atoms with Crippen LogP contribution in [0.4, 0.5) is 0 Å². The van der Waals surface area contributed by atoms with E-state index in [0.717, 1.165) is 28.2 Å². The SMILES string of the molecule is CC(=O)Sc1nc2cnc3cccc(C)c3c2o1. The summed E-state index contributed by atoms with van der Waals surface area (Å²) in [5.41, 5.74) is 3.33. The largest absolute Gasteiger partial charge is 0.430 e. The fourth-order valence-electron chi connectivity index (χ4n) is 1.93. The summed E-state index contributed by atoms with van der Waals surface area (Å²) in [6.45, 7) is 3.49. The summed E-state index contributed by atoms with van der Waals surface area (Å²) in [6.07, 6.45) is 1.67. The van der Waals surface area contributed by atoms with Crippen molar-refractivity contribution in [3.05, 3.63) is 30.0 Å². The van der Waals surface area contributed by atoms with Gasteiger partial charge in [0.2, 0.25) is 0 Å². The molecule has 0 aliphatic carbocycles. The second-order valence-electron chi connectivity index (χ2n) is 4.02. The zero-order chi connectivity index (χ0) is 12.7. The summed E-state index contributed by atoms with van der Waals surface area (Å²) >= 11 is 0.994. The van der Waals surface area contributed by atoms with Crippen LogP contribution in [0.25, 0.3) is 22.0 Å². The smallest absolute Gasteiger partial charge is 0.264 e. The van der Waals surface area contributed by atoms with Crippen LogP contribution in [0.3, 0.4) is 0 Å². The molecule has 0 atom stereocenters. The summed E-state index contributed by atoms with van der Waals surface area (Å²) in [7, 11) is 0. The third-order valence-corrected chi connectivity index (χ3v) is 3.31. The van der Waals surface area contributed by atoms with Gasteiger partial charge in [0.1, 0.15) is 5.52 Å². The molecule has 18 heavy (non-hydrogen) atoms. The molecule has 0 aliphatic rings. The van der Waals surface area contributed by atoms with Crippen molar-refractivity contribution >= 4 is 38.9 Å². The van der Waals surface area contributed by atoms with Crippen molar-refractivity contribution < 1.29 is 9.21 Å². The van der Waals surface area contributed by atoms with Gasteiger partial charge in [0.05, 0.1) is 11.7 Å². The normalized spacial score (nSPS) is 11.2. The Kier molecular flexibility index (Phi) is 2.56. The van der Waals surface area contributed by atoms with Crippen molar-refractivity contribution in [2.75, 3.05) is 0 Å². The molecule has 0 amide bonds. The van der Waals surface area contributed by atoms with Gasteiger partial charge in [-0.25, -0.2) is 4.98 Å². The molecule has 4 nitrogen and oxygen atoms in total. The van der Waals surface area contributed by atoms with Crippen molar-refractivity contribution in [3.63, 3.8) is 0 Å². The lowest BCUT2D eigenvalue weighted by atomic mass is 10.1. The summed E-state index contributed by atoms with van der Waals surface area (Å²) in [5.74, 6) is 0. The zero-order valence-corrected chi connectivity index (χ0v) is 10.7. The third-order valence-electron chi connectivity index (χ3n) is 2.67. The van der Waals surface area contributed by atoms with Crippen molar-refractivity contribution in [2.24, 2.45) is 0 Å². The zero-order valence-electron chi connectivity index (χ0n) is 9.93. The van der Waals surface area contributed by atoms with Gasteiger partial charge in [-0.1, -0.05) is 12.1 Å². The number of aromatic nitrogens is 2. The number of carbonyl (C=O) groups is 1. The molecule has 0 saturated heterocycles. The average Bonchev–Trinajstić information content (AvgIpc) is 2.70. The second-order valence-corrected chi connectivity index (χ2v) is 5.14. The molecule has 2 heterocycles. The highest BCUT2D eigenvalue weighted by atomic mass is 32.2. The Morgan fingerprint density at radius 2 is 2.17 bits per heavy atom. The van der Waals surface area contributed by atoms with Crippen LogP contribution in [0.15, 0.2) is 34.0 Å². The van der Waals surface area contributed by atoms with Crippen LogP contribution in [0.2, 0.25) is 0 Å². The molecule has 0 spiro atoms. The standard InChI is InChI=1S/C13H10N2O2S/c1-7-4-3-5-9-11(7)12-10(6-14-9)15-13(17-12)18-8(2)16/h3-6H,1-2H3. The van der Waals surface area contributed by atoms with Gasteiger partial charge in [-0.15, -0.1) is 0 Å². The fourth-order valence-corrected chi connectivity index (χ4v) is 2.45. The minimum absolute atomic E-state index is 0.0458. The molecule has 0 saturated carbocycles. The van der Waals surface area contributed by atoms with Crippen LogP contribution in [0.1, 0.15) is 12.5 Å². The number of hydrogen-bond donors (Lipinski definition) is 0. The molecule has 0 radical (unpaired) electrons. The maximum absolute atomic E-state index is 11.1. The first-order valence-corrected chi connectivity index (χ1v) is 6.30.